The Labute approximate surface area is 365 Å². The Morgan fingerprint density at radius 3 is 1.25 bits per heavy atom. The second kappa shape index (κ2) is 44.7. The fourth-order valence-electron chi connectivity index (χ4n) is 5.59. The van der Waals surface area contributed by atoms with Gasteiger partial charge < -0.3 is 15.1 Å². The summed E-state index contributed by atoms with van der Waals surface area (Å²) < 4.78 is 52.1. The zero-order valence-electron chi connectivity index (χ0n) is 41.0. The third-order valence-corrected chi connectivity index (χ3v) is 12.5. The zero-order chi connectivity index (χ0) is 47.6. The Bertz CT molecular complexity index is 1420. The summed E-state index contributed by atoms with van der Waals surface area (Å²) in [5.41, 5.74) is 1.22. The maximum absolute atomic E-state index is 12.7. The van der Waals surface area contributed by atoms with Crippen LogP contribution < -0.4 is 0 Å². The highest BCUT2D eigenvalue weighted by Crippen LogP contribution is 2.26. The van der Waals surface area contributed by atoms with E-state index in [1.54, 1.807) is 28.6 Å². The standard InChI is InChI=1S/C16H23NO4S.C15H21NO4S.8C2H6/c1-2-13-4-3-10-17(11-9-13)22(20,21)15-7-5-14(6-8-15)12-16(18)19;1-2-16-9-7-14(8-10-16)21(19,20)13-5-3-12(4-6-13)11-15(17)18;8*1-2/h5-8,13H,2-4,9-12H2,1H3,(H,18,19);3-6,14H,2,7-11H2,1H3,(H,17,18);8*1-2H3. The van der Waals surface area contributed by atoms with Crippen molar-refractivity contribution in [3.05, 3.63) is 59.7 Å². The molecule has 2 aliphatic rings. The van der Waals surface area contributed by atoms with Crippen LogP contribution >= 0.6 is 0 Å². The van der Waals surface area contributed by atoms with E-state index < -0.39 is 31.8 Å². The summed E-state index contributed by atoms with van der Waals surface area (Å²) >= 11 is 0. The first-order valence-corrected chi connectivity index (χ1v) is 25.9. The van der Waals surface area contributed by atoms with E-state index in [4.69, 9.17) is 10.2 Å². The highest BCUT2D eigenvalue weighted by Gasteiger charge is 2.31. The number of sulfonamides is 1. The predicted molar refractivity (Wildman–Crippen MR) is 255 cm³/mol. The van der Waals surface area contributed by atoms with Crippen LogP contribution in [-0.2, 0) is 42.3 Å². The second-order valence-corrected chi connectivity index (χ2v) is 15.4. The van der Waals surface area contributed by atoms with Gasteiger partial charge in [0.25, 0.3) is 0 Å². The minimum Gasteiger partial charge on any atom is -0.481 e. The average Bonchev–Trinajstić information content (AvgIpc) is 3.56. The van der Waals surface area contributed by atoms with Crippen LogP contribution in [0.4, 0.5) is 0 Å². The number of carboxylic acid groups (broad SMARTS) is 2. The van der Waals surface area contributed by atoms with Gasteiger partial charge in [0.05, 0.1) is 27.9 Å². The van der Waals surface area contributed by atoms with E-state index in [1.165, 1.54) is 24.3 Å². The normalized spacial score (nSPS) is 14.8. The molecule has 12 heteroatoms. The van der Waals surface area contributed by atoms with Gasteiger partial charge >= 0.3 is 11.9 Å². The first-order valence-electron chi connectivity index (χ1n) is 22.9. The van der Waals surface area contributed by atoms with Gasteiger partial charge in [-0.2, -0.15) is 4.31 Å². The molecule has 2 aromatic carbocycles. The molecule has 1 atom stereocenters. The van der Waals surface area contributed by atoms with Crippen molar-refractivity contribution in [1.29, 1.82) is 0 Å². The zero-order valence-corrected chi connectivity index (χ0v) is 42.7. The molecule has 0 spiro atoms. The second-order valence-electron chi connectivity index (χ2n) is 11.2. The molecule has 10 nitrogen and oxygen atoms in total. The smallest absolute Gasteiger partial charge is 0.307 e. The quantitative estimate of drug-likeness (QED) is 0.238. The Balaban J connectivity index is -0.000000178. The van der Waals surface area contributed by atoms with Gasteiger partial charge in [-0.3, -0.25) is 9.59 Å². The average molecular weight is 877 g/mol. The van der Waals surface area contributed by atoms with Crippen LogP contribution in [0.2, 0.25) is 0 Å². The molecular formula is C47H92N2O8S2. The summed E-state index contributed by atoms with van der Waals surface area (Å²) in [6.07, 6.45) is 5.12. The number of hydrogen-bond acceptors (Lipinski definition) is 7. The number of aliphatic carboxylic acids is 2. The van der Waals surface area contributed by atoms with E-state index in [1.807, 2.05) is 111 Å². The van der Waals surface area contributed by atoms with Gasteiger partial charge in [0.15, 0.2) is 9.84 Å². The van der Waals surface area contributed by atoms with Crippen LogP contribution in [0.5, 0.6) is 0 Å². The molecule has 0 bridgehead atoms. The SMILES string of the molecule is CC.CC.CC.CC.CC.CC.CC.CC.CCC1CCCN(S(=O)(=O)c2ccc(CC(=O)O)cc2)CC1.CCN1CCC(S(=O)(=O)c2ccc(CC(=O)O)cc2)CC1. The van der Waals surface area contributed by atoms with Crippen molar-refractivity contribution in [1.82, 2.24) is 9.21 Å². The lowest BCUT2D eigenvalue weighted by Gasteiger charge is -2.30. The third-order valence-electron chi connectivity index (χ3n) is 8.33. The molecule has 2 aliphatic heterocycles. The first kappa shape index (κ1) is 68.0. The summed E-state index contributed by atoms with van der Waals surface area (Å²) in [7, 11) is -6.79. The Morgan fingerprint density at radius 1 is 0.542 bits per heavy atom. The number of carbonyl (C=O) groups is 2. The van der Waals surface area contributed by atoms with Crippen molar-refractivity contribution in [2.45, 2.75) is 191 Å². The molecule has 59 heavy (non-hydrogen) atoms. The topological polar surface area (TPSA) is 149 Å². The summed E-state index contributed by atoms with van der Waals surface area (Å²) in [6.45, 7) is 39.9. The van der Waals surface area contributed by atoms with E-state index in [-0.39, 0.29) is 23.0 Å². The number of piperidine rings is 1. The summed E-state index contributed by atoms with van der Waals surface area (Å²) in [6, 6.07) is 12.4. The molecule has 2 N–H and O–H groups in total. The van der Waals surface area contributed by atoms with Gasteiger partial charge in [-0.1, -0.05) is 155 Å². The molecule has 1 unspecified atom stereocenters. The van der Waals surface area contributed by atoms with Gasteiger partial charge in [0, 0.05) is 13.1 Å². The van der Waals surface area contributed by atoms with Crippen LogP contribution in [-0.4, -0.2) is 86.2 Å². The predicted octanol–water partition coefficient (Wildman–Crippen LogP) is 12.3. The van der Waals surface area contributed by atoms with Crippen LogP contribution in [0, 0.1) is 5.92 Å². The van der Waals surface area contributed by atoms with Gasteiger partial charge in [-0.05, 0) is 93.0 Å². The molecule has 0 aliphatic carbocycles. The molecule has 2 saturated heterocycles. The summed E-state index contributed by atoms with van der Waals surface area (Å²) in [5, 5.41) is 17.2. The van der Waals surface area contributed by atoms with Gasteiger partial charge in [0.1, 0.15) is 0 Å². The number of rotatable bonds is 10. The van der Waals surface area contributed by atoms with Crippen LogP contribution in [0.25, 0.3) is 0 Å². The maximum atomic E-state index is 12.7. The fourth-order valence-corrected chi connectivity index (χ4v) is 8.82. The molecule has 2 aromatic rings. The molecular weight excluding hydrogens is 785 g/mol. The van der Waals surface area contributed by atoms with Crippen molar-refractivity contribution in [2.24, 2.45) is 5.92 Å². The van der Waals surface area contributed by atoms with E-state index in [9.17, 15) is 26.4 Å². The first-order chi connectivity index (χ1) is 28.4. The van der Waals surface area contributed by atoms with Crippen molar-refractivity contribution in [3.8, 4) is 0 Å². The van der Waals surface area contributed by atoms with Crippen molar-refractivity contribution in [2.75, 3.05) is 32.7 Å². The number of likely N-dealkylation sites (tertiary alicyclic amines) is 1. The number of sulfone groups is 1. The molecule has 0 radical (unpaired) electrons. The number of hydrogen-bond donors (Lipinski definition) is 2. The summed E-state index contributed by atoms with van der Waals surface area (Å²) in [5.74, 6) is -1.23. The number of benzene rings is 2. The lowest BCUT2D eigenvalue weighted by Crippen LogP contribution is -2.39. The molecule has 0 amide bonds. The molecule has 2 heterocycles. The Kier molecular flexibility index (Phi) is 51.5. The molecule has 350 valence electrons. The van der Waals surface area contributed by atoms with Gasteiger partial charge in [-0.15, -0.1) is 0 Å². The molecule has 0 aromatic heterocycles. The van der Waals surface area contributed by atoms with Crippen molar-refractivity contribution >= 4 is 31.8 Å². The van der Waals surface area contributed by atoms with E-state index in [0.717, 1.165) is 45.3 Å². The van der Waals surface area contributed by atoms with Crippen LogP contribution in [0.15, 0.2) is 58.3 Å². The third kappa shape index (κ3) is 28.4. The van der Waals surface area contributed by atoms with Crippen molar-refractivity contribution < 1.29 is 36.6 Å². The monoisotopic (exact) mass is 877 g/mol. The maximum Gasteiger partial charge on any atom is 0.307 e. The minimum atomic E-state index is -3.48. The largest absolute Gasteiger partial charge is 0.481 e. The number of carboxylic acids is 2. The minimum absolute atomic E-state index is 0.0881. The van der Waals surface area contributed by atoms with Crippen LogP contribution in [0.1, 0.15) is 174 Å². The van der Waals surface area contributed by atoms with Gasteiger partial charge in [0.2, 0.25) is 10.0 Å². The molecule has 0 saturated carbocycles. The molecule has 4 rings (SSSR count). The fraction of sp³-hybridized carbons (Fsp3) is 0.702. The summed E-state index contributed by atoms with van der Waals surface area (Å²) in [4.78, 5) is 24.1. The highest BCUT2D eigenvalue weighted by molar-refractivity contribution is 7.92. The Morgan fingerprint density at radius 2 is 0.915 bits per heavy atom. The lowest BCUT2D eigenvalue weighted by molar-refractivity contribution is -0.137. The lowest BCUT2D eigenvalue weighted by atomic mass is 9.98. The van der Waals surface area contributed by atoms with Crippen LogP contribution in [0.3, 0.4) is 0 Å². The molecule has 2 fully saturated rings. The Hall–Kier alpha value is -2.80. The van der Waals surface area contributed by atoms with Crippen molar-refractivity contribution in [3.63, 3.8) is 0 Å². The highest BCUT2D eigenvalue weighted by atomic mass is 32.2. The number of nitrogens with zero attached hydrogens (tertiary/aromatic N) is 2. The van der Waals surface area contributed by atoms with E-state index >= 15 is 0 Å². The van der Waals surface area contributed by atoms with E-state index in [0.29, 0.717) is 47.9 Å². The van der Waals surface area contributed by atoms with E-state index in [2.05, 4.69) is 18.7 Å². The van der Waals surface area contributed by atoms with Gasteiger partial charge in [-0.25, -0.2) is 16.8 Å².